The number of carbonyl (C=O) groups excluding carboxylic acids is 2. The van der Waals surface area contributed by atoms with Gasteiger partial charge >= 0.3 is 5.97 Å². The van der Waals surface area contributed by atoms with E-state index in [1.165, 1.54) is 17.8 Å². The maximum atomic E-state index is 16.2. The second-order valence-electron chi connectivity index (χ2n) is 11.2. The fourth-order valence-electron chi connectivity index (χ4n) is 4.44. The lowest BCUT2D eigenvalue weighted by atomic mass is 9.98. The van der Waals surface area contributed by atoms with Gasteiger partial charge in [0.2, 0.25) is 11.9 Å². The molecule has 1 aromatic carbocycles. The number of hydroxylamine groups is 1. The van der Waals surface area contributed by atoms with E-state index in [-0.39, 0.29) is 40.5 Å². The highest BCUT2D eigenvalue weighted by Crippen LogP contribution is 2.44. The van der Waals surface area contributed by atoms with Crippen LogP contribution in [0.25, 0.3) is 11.2 Å². The van der Waals surface area contributed by atoms with Crippen molar-refractivity contribution < 1.29 is 42.5 Å². The minimum absolute atomic E-state index is 0.0338. The Hall–Kier alpha value is -3.69. The van der Waals surface area contributed by atoms with Gasteiger partial charge in [-0.1, -0.05) is 36.9 Å². The first kappa shape index (κ1) is 34.2. The van der Waals surface area contributed by atoms with Gasteiger partial charge < -0.3 is 29.3 Å². The summed E-state index contributed by atoms with van der Waals surface area (Å²) >= 11 is 0. The zero-order valence-corrected chi connectivity index (χ0v) is 27.1. The van der Waals surface area contributed by atoms with Crippen LogP contribution in [0, 0.1) is 5.92 Å². The Bertz CT molecular complexity index is 1520. The number of nitrogens with zero attached hydrogens (tertiary/aromatic N) is 5. The van der Waals surface area contributed by atoms with E-state index in [9.17, 15) is 19.3 Å². The largest absolute Gasteiger partial charge is 0.462 e. The maximum absolute atomic E-state index is 16.2. The number of aliphatic hydroxyl groups is 1. The van der Waals surface area contributed by atoms with Crippen molar-refractivity contribution in [3.63, 3.8) is 0 Å². The molecule has 17 heteroatoms. The Morgan fingerprint density at radius 1 is 1.20 bits per heavy atom. The Balaban J connectivity index is 1.55. The van der Waals surface area contributed by atoms with Crippen LogP contribution in [0.3, 0.4) is 0 Å². The van der Waals surface area contributed by atoms with Gasteiger partial charge in [-0.2, -0.15) is 9.97 Å². The molecular formula is C28H39FN7O8P. The van der Waals surface area contributed by atoms with Crippen LogP contribution in [0.15, 0.2) is 36.7 Å². The quantitative estimate of drug-likeness (QED) is 0.139. The van der Waals surface area contributed by atoms with Crippen molar-refractivity contribution in [2.45, 2.75) is 77.8 Å². The zero-order valence-electron chi connectivity index (χ0n) is 26.1. The van der Waals surface area contributed by atoms with E-state index in [1.807, 2.05) is 0 Å². The molecule has 1 saturated heterocycles. The lowest BCUT2D eigenvalue weighted by Gasteiger charge is -2.27. The summed E-state index contributed by atoms with van der Waals surface area (Å²) in [6.45, 7) is 8.84. The molecule has 1 aliphatic heterocycles. The monoisotopic (exact) mass is 651 g/mol. The van der Waals surface area contributed by atoms with E-state index >= 15 is 4.39 Å². The number of carbonyl (C=O) groups is 2. The van der Waals surface area contributed by atoms with E-state index in [4.69, 9.17) is 18.8 Å². The van der Waals surface area contributed by atoms with Crippen molar-refractivity contribution in [3.8, 4) is 5.75 Å². The summed E-state index contributed by atoms with van der Waals surface area (Å²) in [5, 5.41) is 16.4. The average molecular weight is 652 g/mol. The molecule has 2 aromatic heterocycles. The SMILES string of the molecule is CNc1nc(NC(=O)C(C)C)nc2c1ncn2[C@@H]1OC(CO[PH](=O)N(Oc2ccccc2)[C@@H](C)C(=O)OC(C)C)[C@@H](O)[C@@]1(C)F. The number of alkyl halides is 1. The Kier molecular flexibility index (Phi) is 10.8. The molecule has 4 rings (SSSR count). The van der Waals surface area contributed by atoms with Crippen LogP contribution in [0.1, 0.15) is 47.8 Å². The van der Waals surface area contributed by atoms with E-state index in [0.29, 0.717) is 0 Å². The standard InChI is InChI=1S/C28H39FN7O8P/c1-15(2)24(38)34-27-32-22(30-7)20-23(33-27)35(14-31-20)26-28(6,29)21(37)19(43-26)13-41-45(40)36(17(5)25(39)42-16(3)4)44-18-11-9-8-10-12-18/h8-12,14-17,19,21,26,37,45H,13H2,1-7H3,(H2,30,32,33,34,38)/t17-,19?,21+,26+,28+/m0/s1. The molecule has 1 fully saturated rings. The van der Waals surface area contributed by atoms with Crippen LogP contribution < -0.4 is 15.5 Å². The lowest BCUT2D eigenvalue weighted by molar-refractivity contribution is -0.159. The van der Waals surface area contributed by atoms with Crippen LogP contribution in [-0.4, -0.2) is 85.0 Å². The number of fused-ring (bicyclic) bond motifs is 1. The van der Waals surface area contributed by atoms with Gasteiger partial charge in [0.25, 0.3) is 8.18 Å². The summed E-state index contributed by atoms with van der Waals surface area (Å²) in [6.07, 6.45) is -3.61. The number of hydrogen-bond donors (Lipinski definition) is 3. The van der Waals surface area contributed by atoms with Crippen LogP contribution in [-0.2, 0) is 28.2 Å². The van der Waals surface area contributed by atoms with Crippen molar-refractivity contribution in [3.05, 3.63) is 36.7 Å². The number of hydrogen-bond acceptors (Lipinski definition) is 12. The number of ether oxygens (including phenoxy) is 2. The molecule has 2 unspecified atom stereocenters. The van der Waals surface area contributed by atoms with Crippen LogP contribution in [0.2, 0.25) is 0 Å². The average Bonchev–Trinajstić information content (AvgIpc) is 3.51. The summed E-state index contributed by atoms with van der Waals surface area (Å²) in [6, 6.07) is 7.20. The number of anilines is 2. The van der Waals surface area contributed by atoms with E-state index in [1.54, 1.807) is 65.1 Å². The van der Waals surface area contributed by atoms with Gasteiger partial charge in [0.15, 0.2) is 28.9 Å². The molecule has 0 bridgehead atoms. The highest BCUT2D eigenvalue weighted by molar-refractivity contribution is 7.36. The first-order chi connectivity index (χ1) is 21.2. The van der Waals surface area contributed by atoms with Crippen LogP contribution in [0.5, 0.6) is 5.75 Å². The summed E-state index contributed by atoms with van der Waals surface area (Å²) in [5.41, 5.74) is -1.99. The first-order valence-corrected chi connectivity index (χ1v) is 15.7. The molecule has 6 atom stereocenters. The fraction of sp³-hybridized carbons (Fsp3) is 0.536. The Morgan fingerprint density at radius 2 is 1.89 bits per heavy atom. The predicted octanol–water partition coefficient (Wildman–Crippen LogP) is 3.49. The number of aromatic nitrogens is 4. The van der Waals surface area contributed by atoms with Gasteiger partial charge in [-0.25, -0.2) is 9.37 Å². The normalized spacial score (nSPS) is 23.0. The summed E-state index contributed by atoms with van der Waals surface area (Å²) in [7, 11) is -1.73. The van der Waals surface area contributed by atoms with E-state index in [2.05, 4.69) is 25.6 Å². The highest BCUT2D eigenvalue weighted by atomic mass is 31.1. The van der Waals surface area contributed by atoms with E-state index in [0.717, 1.165) is 11.8 Å². The third-order valence-electron chi connectivity index (χ3n) is 6.93. The highest BCUT2D eigenvalue weighted by Gasteiger charge is 2.55. The molecule has 0 spiro atoms. The van der Waals surface area contributed by atoms with Crippen molar-refractivity contribution in [1.29, 1.82) is 0 Å². The number of esters is 1. The van der Waals surface area contributed by atoms with Crippen molar-refractivity contribution >= 4 is 43.0 Å². The third kappa shape index (κ3) is 7.59. The van der Waals surface area contributed by atoms with Crippen LogP contribution >= 0.6 is 8.18 Å². The zero-order chi connectivity index (χ0) is 33.1. The van der Waals surface area contributed by atoms with Gasteiger partial charge in [0, 0.05) is 13.0 Å². The number of rotatable bonds is 13. The second-order valence-corrected chi connectivity index (χ2v) is 12.5. The summed E-state index contributed by atoms with van der Waals surface area (Å²) in [5.74, 6) is -0.838. The molecule has 15 nitrogen and oxygen atoms in total. The van der Waals surface area contributed by atoms with Crippen LogP contribution in [0.4, 0.5) is 16.2 Å². The van der Waals surface area contributed by atoms with Gasteiger partial charge in [-0.05, 0) is 39.8 Å². The number of aliphatic hydroxyl groups excluding tert-OH is 1. The smallest absolute Gasteiger partial charge is 0.327 e. The number of halogens is 1. The third-order valence-corrected chi connectivity index (χ3v) is 8.18. The molecule has 1 amide bonds. The molecule has 0 aliphatic carbocycles. The molecule has 0 saturated carbocycles. The second kappa shape index (κ2) is 14.2. The number of benzene rings is 1. The van der Waals surface area contributed by atoms with Gasteiger partial charge in [-0.15, -0.1) is 0 Å². The molecule has 0 radical (unpaired) electrons. The topological polar surface area (TPSA) is 179 Å². The number of para-hydroxylation sites is 1. The van der Waals surface area contributed by atoms with Crippen molar-refractivity contribution in [1.82, 2.24) is 24.4 Å². The maximum Gasteiger partial charge on any atom is 0.327 e. The molecule has 3 aromatic rings. The molecule has 45 heavy (non-hydrogen) atoms. The van der Waals surface area contributed by atoms with Crippen molar-refractivity contribution in [2.24, 2.45) is 5.92 Å². The molecule has 1 aliphatic rings. The lowest BCUT2D eigenvalue weighted by Crippen LogP contribution is -2.41. The molecule has 3 N–H and O–H groups in total. The molecule has 3 heterocycles. The van der Waals surface area contributed by atoms with Crippen molar-refractivity contribution in [2.75, 3.05) is 24.3 Å². The molecule has 246 valence electrons. The minimum Gasteiger partial charge on any atom is -0.462 e. The number of imidazole rings is 1. The Labute approximate surface area is 260 Å². The van der Waals surface area contributed by atoms with E-state index < -0.39 is 57.0 Å². The van der Waals surface area contributed by atoms with Gasteiger partial charge in [-0.3, -0.25) is 24.0 Å². The number of nitrogens with one attached hydrogen (secondary N) is 2. The fourth-order valence-corrected chi connectivity index (χ4v) is 5.47. The number of amides is 1. The minimum atomic E-state index is -3.33. The van der Waals surface area contributed by atoms with Gasteiger partial charge in [0.1, 0.15) is 24.0 Å². The first-order valence-electron chi connectivity index (χ1n) is 14.4. The van der Waals surface area contributed by atoms with Gasteiger partial charge in [0.05, 0.1) is 19.0 Å². The summed E-state index contributed by atoms with van der Waals surface area (Å²) < 4.78 is 47.5. The molecular weight excluding hydrogens is 612 g/mol. The Morgan fingerprint density at radius 3 is 2.51 bits per heavy atom. The predicted molar refractivity (Wildman–Crippen MR) is 162 cm³/mol. The summed E-state index contributed by atoms with van der Waals surface area (Å²) in [4.78, 5) is 44.5.